The molecule has 78 valence electrons. The van der Waals surface area contributed by atoms with Gasteiger partial charge in [-0.1, -0.05) is 26.7 Å². The molecule has 0 saturated carbocycles. The maximum Gasteiger partial charge on any atom is 0.135 e. The highest BCUT2D eigenvalue weighted by Gasteiger charge is 2.08. The van der Waals surface area contributed by atoms with E-state index in [9.17, 15) is 4.79 Å². The molecule has 0 aromatic rings. The van der Waals surface area contributed by atoms with Crippen LogP contribution in [0.3, 0.4) is 0 Å². The number of unbranched alkanes of at least 4 members (excludes halogenated alkanes) is 3. The van der Waals surface area contributed by atoms with Crippen LogP contribution in [0.5, 0.6) is 0 Å². The maximum absolute atomic E-state index is 11.4. The van der Waals surface area contributed by atoms with Crippen molar-refractivity contribution >= 4 is 5.78 Å². The second kappa shape index (κ2) is 8.24. The molecule has 0 amide bonds. The fraction of sp³-hybridized carbons (Fsp3) is 0.909. The van der Waals surface area contributed by atoms with Crippen LogP contribution in [0.15, 0.2) is 0 Å². The summed E-state index contributed by atoms with van der Waals surface area (Å²) in [5.41, 5.74) is 5.37. The van der Waals surface area contributed by atoms with Gasteiger partial charge in [-0.15, -0.1) is 0 Å². The van der Waals surface area contributed by atoms with Gasteiger partial charge >= 0.3 is 0 Å². The zero-order chi connectivity index (χ0) is 10.1. The smallest absolute Gasteiger partial charge is 0.135 e. The summed E-state index contributed by atoms with van der Waals surface area (Å²) in [6.07, 6.45) is 6.20. The molecule has 1 unspecified atom stereocenters. The summed E-state index contributed by atoms with van der Waals surface area (Å²) in [5, 5.41) is 0. The summed E-state index contributed by atoms with van der Waals surface area (Å²) < 4.78 is 0. The number of rotatable bonds is 8. The van der Waals surface area contributed by atoms with Crippen molar-refractivity contribution in [2.45, 2.75) is 52.4 Å². The van der Waals surface area contributed by atoms with E-state index in [-0.39, 0.29) is 5.92 Å². The molecule has 0 aliphatic rings. The van der Waals surface area contributed by atoms with Gasteiger partial charge in [0, 0.05) is 12.3 Å². The van der Waals surface area contributed by atoms with Crippen molar-refractivity contribution in [3.05, 3.63) is 0 Å². The van der Waals surface area contributed by atoms with Gasteiger partial charge in [0.1, 0.15) is 5.78 Å². The minimum Gasteiger partial charge on any atom is -0.330 e. The molecule has 2 heteroatoms. The Morgan fingerprint density at radius 2 is 1.85 bits per heavy atom. The van der Waals surface area contributed by atoms with E-state index in [0.717, 1.165) is 38.6 Å². The Morgan fingerprint density at radius 1 is 1.23 bits per heavy atom. The lowest BCUT2D eigenvalue weighted by molar-refractivity contribution is -0.122. The van der Waals surface area contributed by atoms with E-state index in [1.54, 1.807) is 0 Å². The van der Waals surface area contributed by atoms with Crippen LogP contribution < -0.4 is 5.73 Å². The monoisotopic (exact) mass is 185 g/mol. The van der Waals surface area contributed by atoms with Crippen LogP contribution in [0.2, 0.25) is 0 Å². The van der Waals surface area contributed by atoms with Gasteiger partial charge in [-0.2, -0.15) is 0 Å². The molecule has 0 bridgehead atoms. The normalized spacial score (nSPS) is 12.8. The lowest BCUT2D eigenvalue weighted by atomic mass is 9.98. The first-order valence-electron chi connectivity index (χ1n) is 5.45. The largest absolute Gasteiger partial charge is 0.330 e. The Bertz CT molecular complexity index is 134. The van der Waals surface area contributed by atoms with Crippen molar-refractivity contribution in [2.75, 3.05) is 6.54 Å². The molecular formula is C11H23NO. The summed E-state index contributed by atoms with van der Waals surface area (Å²) in [6.45, 7) is 4.86. The van der Waals surface area contributed by atoms with Gasteiger partial charge in [0.25, 0.3) is 0 Å². The van der Waals surface area contributed by atoms with Gasteiger partial charge in [0.2, 0.25) is 0 Å². The van der Waals surface area contributed by atoms with Crippen LogP contribution in [-0.4, -0.2) is 12.3 Å². The fourth-order valence-electron chi connectivity index (χ4n) is 1.27. The molecular weight excluding hydrogens is 162 g/mol. The predicted molar refractivity (Wildman–Crippen MR) is 56.6 cm³/mol. The summed E-state index contributed by atoms with van der Waals surface area (Å²) in [5.74, 6) is 0.685. The van der Waals surface area contributed by atoms with Crippen molar-refractivity contribution in [1.29, 1.82) is 0 Å². The second-order valence-electron chi connectivity index (χ2n) is 3.73. The molecule has 13 heavy (non-hydrogen) atoms. The molecule has 2 nitrogen and oxygen atoms in total. The van der Waals surface area contributed by atoms with Crippen LogP contribution in [0.25, 0.3) is 0 Å². The number of hydrogen-bond acceptors (Lipinski definition) is 2. The number of ketones is 1. The van der Waals surface area contributed by atoms with Gasteiger partial charge in [-0.05, 0) is 25.8 Å². The molecule has 0 radical (unpaired) electrons. The maximum atomic E-state index is 11.4. The Hall–Kier alpha value is -0.370. The highest BCUT2D eigenvalue weighted by molar-refractivity contribution is 5.80. The van der Waals surface area contributed by atoms with E-state index >= 15 is 0 Å². The summed E-state index contributed by atoms with van der Waals surface area (Å²) in [7, 11) is 0. The first-order valence-corrected chi connectivity index (χ1v) is 5.45. The second-order valence-corrected chi connectivity index (χ2v) is 3.73. The van der Waals surface area contributed by atoms with E-state index in [2.05, 4.69) is 6.92 Å². The van der Waals surface area contributed by atoms with Crippen molar-refractivity contribution in [2.24, 2.45) is 11.7 Å². The van der Waals surface area contributed by atoms with Gasteiger partial charge in [-0.25, -0.2) is 0 Å². The SMILES string of the molecule is CCC(C)C(=O)CCCCCCN. The van der Waals surface area contributed by atoms with E-state index < -0.39 is 0 Å². The molecule has 0 fully saturated rings. The van der Waals surface area contributed by atoms with Crippen LogP contribution >= 0.6 is 0 Å². The Labute approximate surface area is 81.9 Å². The molecule has 0 aromatic carbocycles. The Morgan fingerprint density at radius 3 is 2.38 bits per heavy atom. The molecule has 0 rings (SSSR count). The molecule has 1 atom stereocenters. The number of carbonyl (C=O) groups excluding carboxylic acids is 1. The molecule has 0 aliphatic heterocycles. The lowest BCUT2D eigenvalue weighted by Crippen LogP contribution is -2.09. The molecule has 2 N–H and O–H groups in total. The van der Waals surface area contributed by atoms with E-state index in [1.807, 2.05) is 6.92 Å². The van der Waals surface area contributed by atoms with Crippen molar-refractivity contribution in [3.8, 4) is 0 Å². The zero-order valence-corrected chi connectivity index (χ0v) is 9.01. The minimum absolute atomic E-state index is 0.259. The first kappa shape index (κ1) is 12.6. The number of Topliss-reactive ketones (excluding diaryl/α,β-unsaturated/α-hetero) is 1. The number of hydrogen-bond donors (Lipinski definition) is 1. The standard InChI is InChI=1S/C11H23NO/c1-3-10(2)11(13)8-6-4-5-7-9-12/h10H,3-9,12H2,1-2H3. The van der Waals surface area contributed by atoms with Crippen molar-refractivity contribution in [3.63, 3.8) is 0 Å². The van der Waals surface area contributed by atoms with Crippen LogP contribution in [0.1, 0.15) is 52.4 Å². The highest BCUT2D eigenvalue weighted by atomic mass is 16.1. The molecule has 0 heterocycles. The van der Waals surface area contributed by atoms with Crippen LogP contribution in [0, 0.1) is 5.92 Å². The first-order chi connectivity index (χ1) is 6.22. The van der Waals surface area contributed by atoms with Gasteiger partial charge < -0.3 is 5.73 Å². The number of nitrogens with two attached hydrogens (primary N) is 1. The van der Waals surface area contributed by atoms with Crippen molar-refractivity contribution in [1.82, 2.24) is 0 Å². The van der Waals surface area contributed by atoms with Crippen LogP contribution in [0.4, 0.5) is 0 Å². The third kappa shape index (κ3) is 6.76. The lowest BCUT2D eigenvalue weighted by Gasteiger charge is -2.06. The third-order valence-electron chi connectivity index (χ3n) is 2.54. The summed E-state index contributed by atoms with van der Waals surface area (Å²) >= 11 is 0. The van der Waals surface area contributed by atoms with Gasteiger partial charge in [0.05, 0.1) is 0 Å². The molecule has 0 aromatic heterocycles. The molecule has 0 spiro atoms. The molecule has 0 saturated heterocycles. The Balaban J connectivity index is 3.27. The minimum atomic E-state index is 0.259. The average Bonchev–Trinajstić information content (AvgIpc) is 2.16. The quantitative estimate of drug-likeness (QED) is 0.590. The third-order valence-corrected chi connectivity index (χ3v) is 2.54. The average molecular weight is 185 g/mol. The summed E-state index contributed by atoms with van der Waals surface area (Å²) in [6, 6.07) is 0. The van der Waals surface area contributed by atoms with Gasteiger partial charge in [0.15, 0.2) is 0 Å². The van der Waals surface area contributed by atoms with E-state index in [0.29, 0.717) is 5.78 Å². The summed E-state index contributed by atoms with van der Waals surface area (Å²) in [4.78, 5) is 11.4. The predicted octanol–water partition coefficient (Wildman–Crippen LogP) is 2.51. The van der Waals surface area contributed by atoms with Crippen LogP contribution in [-0.2, 0) is 4.79 Å². The highest BCUT2D eigenvalue weighted by Crippen LogP contribution is 2.09. The Kier molecular flexibility index (Phi) is 8.00. The number of carbonyl (C=O) groups is 1. The van der Waals surface area contributed by atoms with E-state index in [1.165, 1.54) is 6.42 Å². The van der Waals surface area contributed by atoms with Gasteiger partial charge in [-0.3, -0.25) is 4.79 Å². The molecule has 0 aliphatic carbocycles. The zero-order valence-electron chi connectivity index (χ0n) is 9.01. The fourth-order valence-corrected chi connectivity index (χ4v) is 1.27. The van der Waals surface area contributed by atoms with E-state index in [4.69, 9.17) is 5.73 Å². The topological polar surface area (TPSA) is 43.1 Å². The van der Waals surface area contributed by atoms with Crippen molar-refractivity contribution < 1.29 is 4.79 Å².